The summed E-state index contributed by atoms with van der Waals surface area (Å²) in [6.45, 7) is 4.38. The van der Waals surface area contributed by atoms with Crippen LogP contribution in [0, 0.1) is 11.2 Å². The largest absolute Gasteiger partial charge is 0.396 e. The summed E-state index contributed by atoms with van der Waals surface area (Å²) in [4.78, 5) is 23.9. The third-order valence-corrected chi connectivity index (χ3v) is 3.76. The zero-order chi connectivity index (χ0) is 18.5. The molecule has 0 saturated heterocycles. The maximum Gasteiger partial charge on any atom is 0.254 e. The molecule has 134 valence electrons. The topological polar surface area (TPSA) is 98.7 Å². The van der Waals surface area contributed by atoms with Crippen LogP contribution in [0.3, 0.4) is 0 Å². The van der Waals surface area contributed by atoms with E-state index in [2.05, 4.69) is 10.6 Å². The molecule has 0 aliphatic carbocycles. The Hall–Kier alpha value is -1.70. The molecule has 0 radical (unpaired) electrons. The SMILES string of the molecule is C[C@@H](CNC(=O)[C@H](O)C(C)(C)CO)NC(=O)c1cc(Cl)ccc1F. The van der Waals surface area contributed by atoms with E-state index in [9.17, 15) is 19.1 Å². The molecule has 24 heavy (non-hydrogen) atoms. The summed E-state index contributed by atoms with van der Waals surface area (Å²) in [5.74, 6) is -2.02. The van der Waals surface area contributed by atoms with Crippen molar-refractivity contribution in [2.75, 3.05) is 13.2 Å². The lowest BCUT2D eigenvalue weighted by molar-refractivity contribution is -0.137. The third-order valence-electron chi connectivity index (χ3n) is 3.53. The molecule has 0 spiro atoms. The summed E-state index contributed by atoms with van der Waals surface area (Å²) in [6, 6.07) is 3.13. The van der Waals surface area contributed by atoms with E-state index in [1.165, 1.54) is 12.1 Å². The lowest BCUT2D eigenvalue weighted by Crippen LogP contribution is -2.49. The average Bonchev–Trinajstić information content (AvgIpc) is 2.53. The first-order valence-corrected chi connectivity index (χ1v) is 7.79. The van der Waals surface area contributed by atoms with Gasteiger partial charge in [-0.3, -0.25) is 9.59 Å². The Balaban J connectivity index is 2.57. The number of amides is 2. The number of halogens is 2. The highest BCUT2D eigenvalue weighted by Crippen LogP contribution is 2.19. The van der Waals surface area contributed by atoms with Crippen molar-refractivity contribution in [3.05, 3.63) is 34.6 Å². The lowest BCUT2D eigenvalue weighted by atomic mass is 9.87. The standard InChI is InChI=1S/C16H22ClFN2O4/c1-9(7-19-15(24)13(22)16(2,3)8-21)20-14(23)11-6-10(17)4-5-12(11)18/h4-6,9,13,21-22H,7-8H2,1-3H3,(H,19,24)(H,20,23)/t9-,13-/m0/s1. The third kappa shape index (κ3) is 5.43. The minimum absolute atomic E-state index is 0.0331. The molecule has 0 aliphatic heterocycles. The van der Waals surface area contributed by atoms with Crippen LogP contribution in [-0.4, -0.2) is 47.3 Å². The van der Waals surface area contributed by atoms with Gasteiger partial charge in [-0.25, -0.2) is 4.39 Å². The summed E-state index contributed by atoms with van der Waals surface area (Å²) in [5.41, 5.74) is -1.18. The van der Waals surface area contributed by atoms with Crippen LogP contribution in [0.4, 0.5) is 4.39 Å². The molecule has 0 saturated carbocycles. The molecule has 1 rings (SSSR count). The van der Waals surface area contributed by atoms with Crippen molar-refractivity contribution in [2.45, 2.75) is 32.9 Å². The smallest absolute Gasteiger partial charge is 0.254 e. The van der Waals surface area contributed by atoms with Crippen molar-refractivity contribution in [3.63, 3.8) is 0 Å². The van der Waals surface area contributed by atoms with E-state index >= 15 is 0 Å². The molecular weight excluding hydrogens is 339 g/mol. The molecule has 0 aliphatic rings. The first kappa shape index (κ1) is 20.3. The van der Waals surface area contributed by atoms with Crippen molar-refractivity contribution in [1.29, 1.82) is 0 Å². The van der Waals surface area contributed by atoms with E-state index in [-0.39, 0.29) is 23.7 Å². The number of aliphatic hydroxyl groups is 2. The fraction of sp³-hybridized carbons (Fsp3) is 0.500. The average molecular weight is 361 g/mol. The fourth-order valence-electron chi connectivity index (χ4n) is 1.82. The van der Waals surface area contributed by atoms with E-state index < -0.39 is 35.2 Å². The van der Waals surface area contributed by atoms with Crippen LogP contribution >= 0.6 is 11.6 Å². The molecule has 0 unspecified atom stereocenters. The fourth-order valence-corrected chi connectivity index (χ4v) is 1.99. The first-order valence-electron chi connectivity index (χ1n) is 7.41. The van der Waals surface area contributed by atoms with Gasteiger partial charge in [0.25, 0.3) is 5.91 Å². The highest BCUT2D eigenvalue weighted by atomic mass is 35.5. The van der Waals surface area contributed by atoms with Crippen molar-refractivity contribution < 1.29 is 24.2 Å². The van der Waals surface area contributed by atoms with Crippen molar-refractivity contribution in [3.8, 4) is 0 Å². The van der Waals surface area contributed by atoms with E-state index in [1.54, 1.807) is 20.8 Å². The normalized spacial score (nSPS) is 14.0. The molecule has 0 heterocycles. The molecule has 1 aromatic rings. The van der Waals surface area contributed by atoms with E-state index in [0.717, 1.165) is 6.07 Å². The van der Waals surface area contributed by atoms with Gasteiger partial charge >= 0.3 is 0 Å². The predicted octanol–water partition coefficient (Wildman–Crippen LogP) is 1.09. The zero-order valence-electron chi connectivity index (χ0n) is 13.8. The van der Waals surface area contributed by atoms with E-state index in [0.29, 0.717) is 0 Å². The van der Waals surface area contributed by atoms with Gasteiger partial charge in [-0.15, -0.1) is 0 Å². The Morgan fingerprint density at radius 2 is 2.00 bits per heavy atom. The molecule has 0 aromatic heterocycles. The number of hydrogen-bond acceptors (Lipinski definition) is 4. The van der Waals surface area contributed by atoms with Gasteiger partial charge in [-0.2, -0.15) is 0 Å². The van der Waals surface area contributed by atoms with Crippen LogP contribution in [0.15, 0.2) is 18.2 Å². The Morgan fingerprint density at radius 3 is 2.58 bits per heavy atom. The number of rotatable bonds is 7. The van der Waals surface area contributed by atoms with Crippen LogP contribution in [0.1, 0.15) is 31.1 Å². The van der Waals surface area contributed by atoms with Crippen LogP contribution < -0.4 is 10.6 Å². The van der Waals surface area contributed by atoms with E-state index in [1.807, 2.05) is 0 Å². The highest BCUT2D eigenvalue weighted by Gasteiger charge is 2.33. The number of carbonyl (C=O) groups excluding carboxylic acids is 2. The second kappa shape index (κ2) is 8.41. The van der Waals surface area contributed by atoms with Gasteiger partial charge in [-0.05, 0) is 25.1 Å². The summed E-state index contributed by atoms with van der Waals surface area (Å²) < 4.78 is 13.6. The molecule has 4 N–H and O–H groups in total. The van der Waals surface area contributed by atoms with Gasteiger partial charge in [0.05, 0.1) is 12.2 Å². The molecule has 2 atom stereocenters. The van der Waals surface area contributed by atoms with Crippen molar-refractivity contribution >= 4 is 23.4 Å². The highest BCUT2D eigenvalue weighted by molar-refractivity contribution is 6.31. The quantitative estimate of drug-likeness (QED) is 0.585. The van der Waals surface area contributed by atoms with Gasteiger partial charge in [0, 0.05) is 23.0 Å². The number of nitrogens with one attached hydrogen (secondary N) is 2. The summed E-state index contributed by atoms with van der Waals surface area (Å²) in [6.07, 6.45) is -1.39. The summed E-state index contributed by atoms with van der Waals surface area (Å²) in [7, 11) is 0. The minimum Gasteiger partial charge on any atom is -0.396 e. The number of hydrogen-bond donors (Lipinski definition) is 4. The zero-order valence-corrected chi connectivity index (χ0v) is 14.5. The van der Waals surface area contributed by atoms with Crippen LogP contribution in [-0.2, 0) is 4.79 Å². The molecule has 2 amide bonds. The Morgan fingerprint density at radius 1 is 1.38 bits per heavy atom. The van der Waals surface area contributed by atoms with Gasteiger partial charge in [0.1, 0.15) is 11.9 Å². The second-order valence-electron chi connectivity index (χ2n) is 6.29. The summed E-state index contributed by atoms with van der Waals surface area (Å²) >= 11 is 5.74. The second-order valence-corrected chi connectivity index (χ2v) is 6.73. The maximum atomic E-state index is 13.6. The minimum atomic E-state index is -1.39. The van der Waals surface area contributed by atoms with Crippen LogP contribution in [0.5, 0.6) is 0 Å². The van der Waals surface area contributed by atoms with Gasteiger partial charge in [-0.1, -0.05) is 25.4 Å². The maximum absolute atomic E-state index is 13.6. The number of benzene rings is 1. The van der Waals surface area contributed by atoms with E-state index in [4.69, 9.17) is 16.7 Å². The van der Waals surface area contributed by atoms with Gasteiger partial charge in [0.15, 0.2) is 0 Å². The Labute approximate surface area is 145 Å². The molecule has 0 bridgehead atoms. The van der Waals surface area contributed by atoms with Crippen LogP contribution in [0.25, 0.3) is 0 Å². The Bertz CT molecular complexity index is 610. The van der Waals surface area contributed by atoms with Gasteiger partial charge in [0.2, 0.25) is 5.91 Å². The molecular formula is C16H22ClFN2O4. The van der Waals surface area contributed by atoms with Crippen molar-refractivity contribution in [2.24, 2.45) is 5.41 Å². The van der Waals surface area contributed by atoms with Gasteiger partial charge < -0.3 is 20.8 Å². The van der Waals surface area contributed by atoms with Crippen LogP contribution in [0.2, 0.25) is 5.02 Å². The first-order chi connectivity index (χ1) is 11.1. The number of carbonyl (C=O) groups is 2. The lowest BCUT2D eigenvalue weighted by Gasteiger charge is -2.27. The monoisotopic (exact) mass is 360 g/mol. The molecule has 0 fully saturated rings. The molecule has 6 nitrogen and oxygen atoms in total. The Kier molecular flexibility index (Phi) is 7.13. The number of aliphatic hydroxyl groups excluding tert-OH is 2. The van der Waals surface area contributed by atoms with Crippen molar-refractivity contribution in [1.82, 2.24) is 10.6 Å². The molecule has 1 aromatic carbocycles. The molecule has 8 heteroatoms. The summed E-state index contributed by atoms with van der Waals surface area (Å²) in [5, 5.41) is 24.2. The predicted molar refractivity (Wildman–Crippen MR) is 88.2 cm³/mol.